The number of benzene rings is 1. The van der Waals surface area contributed by atoms with Gasteiger partial charge in [0.25, 0.3) is 5.91 Å². The van der Waals surface area contributed by atoms with Crippen LogP contribution in [0.25, 0.3) is 0 Å². The first-order valence-electron chi connectivity index (χ1n) is 7.33. The lowest BCUT2D eigenvalue weighted by Gasteiger charge is -2.20. The lowest BCUT2D eigenvalue weighted by Crippen LogP contribution is -2.35. The highest BCUT2D eigenvalue weighted by molar-refractivity contribution is 5.96. The predicted octanol–water partition coefficient (Wildman–Crippen LogP) is 3.10. The maximum absolute atomic E-state index is 13.0. The summed E-state index contributed by atoms with van der Waals surface area (Å²) in [5, 5.41) is 9.05. The number of aliphatic carboxylic acids is 1. The van der Waals surface area contributed by atoms with Crippen molar-refractivity contribution in [3.63, 3.8) is 0 Å². The van der Waals surface area contributed by atoms with Crippen molar-refractivity contribution < 1.29 is 23.5 Å². The molecule has 2 aromatic rings. The molecule has 0 aliphatic rings. The maximum atomic E-state index is 13.0. The highest BCUT2D eigenvalue weighted by Crippen LogP contribution is 2.17. The van der Waals surface area contributed by atoms with Crippen molar-refractivity contribution in [2.75, 3.05) is 6.54 Å². The summed E-state index contributed by atoms with van der Waals surface area (Å²) in [5.41, 5.74) is 1.02. The van der Waals surface area contributed by atoms with Crippen LogP contribution >= 0.6 is 0 Å². The molecule has 0 fully saturated rings. The van der Waals surface area contributed by atoms with E-state index in [2.05, 4.69) is 0 Å². The van der Waals surface area contributed by atoms with Gasteiger partial charge in [-0.1, -0.05) is 19.1 Å². The molecular formula is C17H18FNO4. The van der Waals surface area contributed by atoms with Crippen LogP contribution in [0.1, 0.15) is 35.0 Å². The molecule has 1 aromatic carbocycles. The smallest absolute Gasteiger partial charge is 0.323 e. The van der Waals surface area contributed by atoms with Crippen LogP contribution in [0.15, 0.2) is 41.0 Å². The van der Waals surface area contributed by atoms with E-state index < -0.39 is 18.4 Å². The number of carboxylic acid groups (broad SMARTS) is 1. The van der Waals surface area contributed by atoms with Gasteiger partial charge in [0, 0.05) is 13.0 Å². The molecule has 1 aromatic heterocycles. The minimum atomic E-state index is -1.11. The Morgan fingerprint density at radius 1 is 1.22 bits per heavy atom. The third-order valence-electron chi connectivity index (χ3n) is 3.35. The summed E-state index contributed by atoms with van der Waals surface area (Å²) >= 11 is 0. The van der Waals surface area contributed by atoms with E-state index in [0.29, 0.717) is 23.3 Å². The SMILES string of the molecule is CCCc1occc1C(=O)N(CC(=O)O)Cc1ccc(F)cc1. The molecule has 0 aliphatic heterocycles. The van der Waals surface area contributed by atoms with Gasteiger partial charge in [-0.3, -0.25) is 9.59 Å². The van der Waals surface area contributed by atoms with Crippen molar-refractivity contribution in [1.82, 2.24) is 4.90 Å². The van der Waals surface area contributed by atoms with Gasteiger partial charge in [0.15, 0.2) is 0 Å². The molecule has 0 spiro atoms. The second-order valence-electron chi connectivity index (χ2n) is 5.19. The van der Waals surface area contributed by atoms with Crippen molar-refractivity contribution in [3.05, 3.63) is 59.3 Å². The van der Waals surface area contributed by atoms with Crippen molar-refractivity contribution >= 4 is 11.9 Å². The van der Waals surface area contributed by atoms with Crippen molar-refractivity contribution in [1.29, 1.82) is 0 Å². The quantitative estimate of drug-likeness (QED) is 0.851. The van der Waals surface area contributed by atoms with Crippen molar-refractivity contribution in [3.8, 4) is 0 Å². The van der Waals surface area contributed by atoms with E-state index in [1.54, 1.807) is 6.07 Å². The van der Waals surface area contributed by atoms with Gasteiger partial charge in [-0.05, 0) is 30.2 Å². The number of furan rings is 1. The molecule has 0 saturated heterocycles. The molecule has 5 nitrogen and oxygen atoms in total. The van der Waals surface area contributed by atoms with Crippen LogP contribution in [0.4, 0.5) is 4.39 Å². The second kappa shape index (κ2) is 7.58. The van der Waals surface area contributed by atoms with Gasteiger partial charge in [-0.15, -0.1) is 0 Å². The molecule has 1 heterocycles. The Hall–Kier alpha value is -2.63. The molecule has 1 N–H and O–H groups in total. The molecule has 6 heteroatoms. The average Bonchev–Trinajstić information content (AvgIpc) is 2.96. The molecule has 2 rings (SSSR count). The Labute approximate surface area is 133 Å². The zero-order chi connectivity index (χ0) is 16.8. The van der Waals surface area contributed by atoms with Crippen molar-refractivity contribution in [2.45, 2.75) is 26.3 Å². The van der Waals surface area contributed by atoms with Crippen LogP contribution in [-0.2, 0) is 17.8 Å². The zero-order valence-electron chi connectivity index (χ0n) is 12.8. The number of hydrogen-bond donors (Lipinski definition) is 1. The largest absolute Gasteiger partial charge is 0.480 e. The molecule has 122 valence electrons. The van der Waals surface area contributed by atoms with Gasteiger partial charge < -0.3 is 14.4 Å². The fourth-order valence-electron chi connectivity index (χ4n) is 2.30. The standard InChI is InChI=1S/C17H18FNO4/c1-2-3-15-14(8-9-23-15)17(22)19(11-16(20)21)10-12-4-6-13(18)7-5-12/h4-9H,2-3,10-11H2,1H3,(H,20,21). The lowest BCUT2D eigenvalue weighted by molar-refractivity contribution is -0.137. The average molecular weight is 319 g/mol. The summed E-state index contributed by atoms with van der Waals surface area (Å²) in [6, 6.07) is 7.16. The molecule has 0 saturated carbocycles. The second-order valence-corrected chi connectivity index (χ2v) is 5.19. The normalized spacial score (nSPS) is 10.5. The Morgan fingerprint density at radius 2 is 1.91 bits per heavy atom. The molecule has 0 unspecified atom stereocenters. The van der Waals surface area contributed by atoms with E-state index in [9.17, 15) is 14.0 Å². The Balaban J connectivity index is 2.22. The lowest BCUT2D eigenvalue weighted by atomic mass is 10.1. The van der Waals surface area contributed by atoms with E-state index in [0.717, 1.165) is 6.42 Å². The van der Waals surface area contributed by atoms with Crippen molar-refractivity contribution in [2.24, 2.45) is 0 Å². The Morgan fingerprint density at radius 3 is 2.52 bits per heavy atom. The molecular weight excluding hydrogens is 301 g/mol. The van der Waals surface area contributed by atoms with Crippen LogP contribution in [0.2, 0.25) is 0 Å². The van der Waals surface area contributed by atoms with Crippen LogP contribution < -0.4 is 0 Å². The molecule has 0 radical (unpaired) electrons. The molecule has 1 amide bonds. The first kappa shape index (κ1) is 16.7. The van der Waals surface area contributed by atoms with Crippen LogP contribution in [0.3, 0.4) is 0 Å². The third-order valence-corrected chi connectivity index (χ3v) is 3.35. The number of amides is 1. The summed E-state index contributed by atoms with van der Waals surface area (Å²) in [6.07, 6.45) is 2.84. The molecule has 0 bridgehead atoms. The minimum Gasteiger partial charge on any atom is -0.480 e. The van der Waals surface area contributed by atoms with Crippen LogP contribution in [0.5, 0.6) is 0 Å². The summed E-state index contributed by atoms with van der Waals surface area (Å²) < 4.78 is 18.3. The van der Waals surface area contributed by atoms with Gasteiger partial charge in [0.2, 0.25) is 0 Å². The topological polar surface area (TPSA) is 70.8 Å². The fraction of sp³-hybridized carbons (Fsp3) is 0.294. The monoisotopic (exact) mass is 319 g/mol. The molecule has 0 atom stereocenters. The van der Waals surface area contributed by atoms with Gasteiger partial charge >= 0.3 is 5.97 Å². The number of hydrogen-bond acceptors (Lipinski definition) is 3. The van der Waals surface area contributed by atoms with Gasteiger partial charge in [0.1, 0.15) is 18.1 Å². The fourth-order valence-corrected chi connectivity index (χ4v) is 2.30. The zero-order valence-corrected chi connectivity index (χ0v) is 12.8. The van der Waals surface area contributed by atoms with Crippen LogP contribution in [0, 0.1) is 5.82 Å². The number of carbonyl (C=O) groups is 2. The van der Waals surface area contributed by atoms with E-state index in [1.807, 2.05) is 6.92 Å². The molecule has 23 heavy (non-hydrogen) atoms. The highest BCUT2D eigenvalue weighted by atomic mass is 19.1. The Kier molecular flexibility index (Phi) is 5.51. The van der Waals surface area contributed by atoms with Gasteiger partial charge in [0.05, 0.1) is 11.8 Å². The van der Waals surface area contributed by atoms with Gasteiger partial charge in [-0.25, -0.2) is 4.39 Å². The third kappa shape index (κ3) is 4.42. The predicted molar refractivity (Wildman–Crippen MR) is 81.5 cm³/mol. The maximum Gasteiger partial charge on any atom is 0.323 e. The first-order valence-corrected chi connectivity index (χ1v) is 7.33. The van der Waals surface area contributed by atoms with E-state index in [1.165, 1.54) is 35.4 Å². The summed E-state index contributed by atoms with van der Waals surface area (Å²) in [5.74, 6) is -1.35. The first-order chi connectivity index (χ1) is 11.0. The number of aryl methyl sites for hydroxylation is 1. The van der Waals surface area contributed by atoms with E-state index in [4.69, 9.17) is 9.52 Å². The Bertz CT molecular complexity index is 678. The molecule has 0 aliphatic carbocycles. The minimum absolute atomic E-state index is 0.0855. The highest BCUT2D eigenvalue weighted by Gasteiger charge is 2.23. The van der Waals surface area contributed by atoms with Gasteiger partial charge in [-0.2, -0.15) is 0 Å². The van der Waals surface area contributed by atoms with E-state index >= 15 is 0 Å². The summed E-state index contributed by atoms with van der Waals surface area (Å²) in [6.45, 7) is 1.61. The van der Waals surface area contributed by atoms with E-state index in [-0.39, 0.29) is 12.4 Å². The van der Waals surface area contributed by atoms with Crippen LogP contribution in [-0.4, -0.2) is 28.4 Å². The number of carboxylic acids is 1. The summed E-state index contributed by atoms with van der Waals surface area (Å²) in [4.78, 5) is 24.9. The number of carbonyl (C=O) groups excluding carboxylic acids is 1. The number of rotatable bonds is 7. The number of halogens is 1. The summed E-state index contributed by atoms with van der Waals surface area (Å²) in [7, 11) is 0. The number of nitrogens with zero attached hydrogens (tertiary/aromatic N) is 1.